The average Bonchev–Trinajstić information content (AvgIpc) is 2.19. The van der Waals surface area contributed by atoms with Gasteiger partial charge in [-0.1, -0.05) is 17.7 Å². The molecule has 0 aromatic heterocycles. The molecule has 1 N–H and O–H groups in total. The highest BCUT2D eigenvalue weighted by Gasteiger charge is 2.04. The van der Waals surface area contributed by atoms with Gasteiger partial charge in [0.05, 0.1) is 5.02 Å². The Balaban J connectivity index is 2.48. The van der Waals surface area contributed by atoms with E-state index in [1.807, 2.05) is 25.1 Å². The minimum atomic E-state index is -0.754. The quantitative estimate of drug-likeness (QED) is 0.902. The number of nitrogens with one attached hydrogen (secondary N) is 1. The Morgan fingerprint density at radius 2 is 2.25 bits per heavy atom. The molecular weight excluding hydrogens is 310 g/mol. The van der Waals surface area contributed by atoms with Gasteiger partial charge < -0.3 is 5.32 Å². The molecule has 2 atom stereocenters. The van der Waals surface area contributed by atoms with Gasteiger partial charge >= 0.3 is 0 Å². The normalized spacial score (nSPS) is 14.8. The Hall–Kier alpha value is 0.1000. The van der Waals surface area contributed by atoms with E-state index in [1.54, 1.807) is 6.26 Å². The van der Waals surface area contributed by atoms with Crippen LogP contribution >= 0.6 is 27.5 Å². The van der Waals surface area contributed by atoms with Gasteiger partial charge in [0.2, 0.25) is 0 Å². The summed E-state index contributed by atoms with van der Waals surface area (Å²) in [6, 6.07) is 6.09. The maximum absolute atomic E-state index is 11.0. The van der Waals surface area contributed by atoms with Gasteiger partial charge in [0, 0.05) is 39.9 Å². The maximum Gasteiger partial charge on any atom is 0.0548 e. The van der Waals surface area contributed by atoms with Crippen LogP contribution in [0.25, 0.3) is 0 Å². The molecule has 0 bridgehead atoms. The zero-order valence-electron chi connectivity index (χ0n) is 9.30. The summed E-state index contributed by atoms with van der Waals surface area (Å²) >= 11 is 9.29. The van der Waals surface area contributed by atoms with Gasteiger partial charge in [0.1, 0.15) is 0 Å². The largest absolute Gasteiger partial charge is 0.309 e. The highest BCUT2D eigenvalue weighted by atomic mass is 79.9. The molecule has 0 aliphatic heterocycles. The summed E-state index contributed by atoms with van der Waals surface area (Å²) in [5.74, 6) is 0.675. The molecule has 0 aliphatic carbocycles. The fraction of sp³-hybridized carbons (Fsp3) is 0.455. The second kappa shape index (κ2) is 6.74. The first-order valence-corrected chi connectivity index (χ1v) is 7.86. The minimum absolute atomic E-state index is 0.250. The number of hydrogen-bond donors (Lipinski definition) is 1. The average molecular weight is 325 g/mol. The minimum Gasteiger partial charge on any atom is -0.309 e. The Labute approximate surface area is 112 Å². The summed E-state index contributed by atoms with van der Waals surface area (Å²) in [4.78, 5) is 0. The zero-order valence-corrected chi connectivity index (χ0v) is 12.5. The molecule has 90 valence electrons. The van der Waals surface area contributed by atoms with E-state index in [1.165, 1.54) is 0 Å². The van der Waals surface area contributed by atoms with Crippen LogP contribution in [0.15, 0.2) is 22.7 Å². The van der Waals surface area contributed by atoms with Crippen molar-refractivity contribution in [2.45, 2.75) is 19.5 Å². The first kappa shape index (κ1) is 14.2. The third kappa shape index (κ3) is 4.95. The molecule has 1 aromatic rings. The summed E-state index contributed by atoms with van der Waals surface area (Å²) in [7, 11) is -0.754. The van der Waals surface area contributed by atoms with E-state index in [4.69, 9.17) is 11.6 Å². The fourth-order valence-electron chi connectivity index (χ4n) is 1.35. The lowest BCUT2D eigenvalue weighted by molar-refractivity contribution is 0.587. The third-order valence-corrected chi connectivity index (χ3v) is 4.31. The van der Waals surface area contributed by atoms with Gasteiger partial charge in [-0.25, -0.2) is 0 Å². The first-order valence-electron chi connectivity index (χ1n) is 4.96. The van der Waals surface area contributed by atoms with Crippen molar-refractivity contribution in [1.29, 1.82) is 0 Å². The molecule has 0 aliphatic rings. The van der Waals surface area contributed by atoms with Crippen molar-refractivity contribution < 1.29 is 4.21 Å². The number of hydrogen-bond acceptors (Lipinski definition) is 2. The van der Waals surface area contributed by atoms with Gasteiger partial charge in [-0.05, 0) is 40.5 Å². The molecule has 0 fully saturated rings. The van der Waals surface area contributed by atoms with E-state index in [0.29, 0.717) is 10.8 Å². The number of halogens is 2. The van der Waals surface area contributed by atoms with Crippen molar-refractivity contribution in [2.75, 3.05) is 12.0 Å². The predicted molar refractivity (Wildman–Crippen MR) is 74.4 cm³/mol. The zero-order chi connectivity index (χ0) is 12.1. The lowest BCUT2D eigenvalue weighted by atomic mass is 10.2. The van der Waals surface area contributed by atoms with Crippen molar-refractivity contribution in [3.05, 3.63) is 33.3 Å². The lowest BCUT2D eigenvalue weighted by Crippen LogP contribution is -2.30. The molecule has 16 heavy (non-hydrogen) atoms. The van der Waals surface area contributed by atoms with Gasteiger partial charge in [0.15, 0.2) is 0 Å². The van der Waals surface area contributed by atoms with Crippen LogP contribution in [0.2, 0.25) is 5.02 Å². The van der Waals surface area contributed by atoms with Crippen LogP contribution in [0.4, 0.5) is 0 Å². The van der Waals surface area contributed by atoms with Crippen LogP contribution in [0.1, 0.15) is 12.5 Å². The molecule has 1 aromatic carbocycles. The van der Waals surface area contributed by atoms with Crippen molar-refractivity contribution >= 4 is 38.3 Å². The van der Waals surface area contributed by atoms with Crippen LogP contribution in [0.3, 0.4) is 0 Å². The summed E-state index contributed by atoms with van der Waals surface area (Å²) in [5.41, 5.74) is 1.16. The summed E-state index contributed by atoms with van der Waals surface area (Å²) in [6.45, 7) is 2.79. The molecule has 0 spiro atoms. The Bertz CT molecular complexity index is 386. The van der Waals surface area contributed by atoms with Gasteiger partial charge in [0.25, 0.3) is 0 Å². The van der Waals surface area contributed by atoms with Gasteiger partial charge in [-0.2, -0.15) is 0 Å². The summed E-state index contributed by atoms with van der Waals surface area (Å²) in [5, 5.41) is 4.03. The number of rotatable bonds is 5. The third-order valence-electron chi connectivity index (χ3n) is 2.12. The fourth-order valence-corrected chi connectivity index (χ4v) is 2.72. The molecule has 1 rings (SSSR count). The van der Waals surface area contributed by atoms with Gasteiger partial charge in [-0.3, -0.25) is 4.21 Å². The molecule has 2 unspecified atom stereocenters. The van der Waals surface area contributed by atoms with Crippen molar-refractivity contribution in [3.63, 3.8) is 0 Å². The standard InChI is InChI=1S/C11H15BrClNOS/c1-8(7-16(2)15)14-6-9-3-4-11(13)10(12)5-9/h3-5,8,14H,6-7H2,1-2H3. The van der Waals surface area contributed by atoms with E-state index in [-0.39, 0.29) is 6.04 Å². The van der Waals surface area contributed by atoms with Gasteiger partial charge in [-0.15, -0.1) is 0 Å². The van der Waals surface area contributed by atoms with Crippen LogP contribution in [-0.4, -0.2) is 22.3 Å². The molecule has 0 heterocycles. The van der Waals surface area contributed by atoms with Crippen molar-refractivity contribution in [3.8, 4) is 0 Å². The predicted octanol–water partition coefficient (Wildman–Crippen LogP) is 2.96. The summed E-state index contributed by atoms with van der Waals surface area (Å²) in [6.07, 6.45) is 1.72. The van der Waals surface area contributed by atoms with E-state index < -0.39 is 10.8 Å². The molecule has 0 amide bonds. The van der Waals surface area contributed by atoms with E-state index >= 15 is 0 Å². The highest BCUT2D eigenvalue weighted by Crippen LogP contribution is 2.23. The van der Waals surface area contributed by atoms with E-state index in [2.05, 4.69) is 21.2 Å². The van der Waals surface area contributed by atoms with Crippen LogP contribution in [-0.2, 0) is 17.3 Å². The Morgan fingerprint density at radius 1 is 1.56 bits per heavy atom. The van der Waals surface area contributed by atoms with Crippen molar-refractivity contribution in [1.82, 2.24) is 5.32 Å². The molecule has 2 nitrogen and oxygen atoms in total. The number of benzene rings is 1. The monoisotopic (exact) mass is 323 g/mol. The molecular formula is C11H15BrClNOS. The molecule has 0 saturated carbocycles. The lowest BCUT2D eigenvalue weighted by Gasteiger charge is -2.12. The maximum atomic E-state index is 11.0. The second-order valence-corrected chi connectivity index (χ2v) is 6.51. The van der Waals surface area contributed by atoms with E-state index in [9.17, 15) is 4.21 Å². The molecule has 5 heteroatoms. The smallest absolute Gasteiger partial charge is 0.0548 e. The van der Waals surface area contributed by atoms with Crippen LogP contribution < -0.4 is 5.32 Å². The van der Waals surface area contributed by atoms with Crippen molar-refractivity contribution in [2.24, 2.45) is 0 Å². The second-order valence-electron chi connectivity index (χ2n) is 3.77. The molecule has 0 radical (unpaired) electrons. The highest BCUT2D eigenvalue weighted by molar-refractivity contribution is 9.10. The Morgan fingerprint density at radius 3 is 2.81 bits per heavy atom. The van der Waals surface area contributed by atoms with E-state index in [0.717, 1.165) is 16.6 Å². The SMILES string of the molecule is CC(CS(C)=O)NCc1ccc(Cl)c(Br)c1. The molecule has 0 saturated heterocycles. The Kier molecular flexibility index (Phi) is 5.97. The van der Waals surface area contributed by atoms with Crippen LogP contribution in [0.5, 0.6) is 0 Å². The van der Waals surface area contributed by atoms with Crippen LogP contribution in [0, 0.1) is 0 Å². The summed E-state index contributed by atoms with van der Waals surface area (Å²) < 4.78 is 11.9. The first-order chi connectivity index (χ1) is 7.49. The topological polar surface area (TPSA) is 29.1 Å².